The van der Waals surface area contributed by atoms with Crippen LogP contribution < -0.4 is 25.3 Å². The Bertz CT molecular complexity index is 799. The van der Waals surface area contributed by atoms with Crippen LogP contribution in [0.2, 0.25) is 0 Å². The molecule has 0 aromatic heterocycles. The third-order valence-corrected chi connectivity index (χ3v) is 4.16. The lowest BCUT2D eigenvalue weighted by atomic mass is 9.87. The second-order valence-electron chi connectivity index (χ2n) is 7.34. The molecule has 138 valence electrons. The fraction of sp³-hybridized carbons (Fsp3) is 0.350. The summed E-state index contributed by atoms with van der Waals surface area (Å²) in [7, 11) is 0. The van der Waals surface area contributed by atoms with Gasteiger partial charge in [0.2, 0.25) is 12.7 Å². The van der Waals surface area contributed by atoms with E-state index < -0.39 is 6.04 Å². The number of carbonyl (C=O) groups is 1. The maximum absolute atomic E-state index is 12.3. The highest BCUT2D eigenvalue weighted by Crippen LogP contribution is 2.35. The number of ether oxygens (including phenoxy) is 3. The molecule has 1 heterocycles. The van der Waals surface area contributed by atoms with Crippen LogP contribution >= 0.6 is 0 Å². The molecule has 0 radical (unpaired) electrons. The second kappa shape index (κ2) is 7.25. The Balaban J connectivity index is 1.61. The first-order valence-electron chi connectivity index (χ1n) is 8.51. The number of amides is 1. The van der Waals surface area contributed by atoms with E-state index in [0.717, 1.165) is 11.3 Å². The van der Waals surface area contributed by atoms with Crippen molar-refractivity contribution >= 4 is 11.6 Å². The molecule has 1 atom stereocenters. The summed E-state index contributed by atoms with van der Waals surface area (Å²) in [6.45, 7) is 6.42. The van der Waals surface area contributed by atoms with E-state index in [0.29, 0.717) is 23.8 Å². The lowest BCUT2D eigenvalue weighted by Crippen LogP contribution is -2.45. The standard InChI is InChI=1S/C20H24N2O4/c1-20(2,3)18(21)19(23)22-14-6-4-5-13(9-14)11-24-15-7-8-16-17(10-15)26-12-25-16/h4-10,18H,11-12,21H2,1-3H3,(H,22,23)/t18-/m1/s1. The minimum Gasteiger partial charge on any atom is -0.489 e. The molecule has 3 rings (SSSR count). The molecule has 6 nitrogen and oxygen atoms in total. The average Bonchev–Trinajstić information content (AvgIpc) is 3.06. The molecule has 0 saturated heterocycles. The van der Waals surface area contributed by atoms with Gasteiger partial charge in [-0.05, 0) is 35.2 Å². The Kier molecular flexibility index (Phi) is 5.04. The normalized spacial score (nSPS) is 14.0. The summed E-state index contributed by atoms with van der Waals surface area (Å²) in [5.41, 5.74) is 7.33. The first-order valence-corrected chi connectivity index (χ1v) is 8.51. The van der Waals surface area contributed by atoms with Gasteiger partial charge in [-0.15, -0.1) is 0 Å². The van der Waals surface area contributed by atoms with E-state index in [2.05, 4.69) is 5.32 Å². The molecular formula is C20H24N2O4. The molecule has 0 aliphatic carbocycles. The first-order chi connectivity index (χ1) is 12.3. The van der Waals surface area contributed by atoms with Crippen LogP contribution in [0.3, 0.4) is 0 Å². The molecule has 1 aliphatic heterocycles. The number of rotatable bonds is 5. The number of fused-ring (bicyclic) bond motifs is 1. The lowest BCUT2D eigenvalue weighted by molar-refractivity contribution is -0.119. The van der Waals surface area contributed by atoms with Gasteiger partial charge in [0, 0.05) is 11.8 Å². The number of benzene rings is 2. The van der Waals surface area contributed by atoms with Gasteiger partial charge in [-0.2, -0.15) is 0 Å². The third-order valence-electron chi connectivity index (χ3n) is 4.16. The molecule has 1 amide bonds. The van der Waals surface area contributed by atoms with Crippen molar-refractivity contribution in [3.8, 4) is 17.2 Å². The fourth-order valence-corrected chi connectivity index (χ4v) is 2.49. The van der Waals surface area contributed by atoms with Gasteiger partial charge in [0.15, 0.2) is 11.5 Å². The van der Waals surface area contributed by atoms with Crippen molar-refractivity contribution < 1.29 is 19.0 Å². The lowest BCUT2D eigenvalue weighted by Gasteiger charge is -2.25. The monoisotopic (exact) mass is 356 g/mol. The predicted molar refractivity (Wildman–Crippen MR) is 99.4 cm³/mol. The second-order valence-corrected chi connectivity index (χ2v) is 7.34. The summed E-state index contributed by atoms with van der Waals surface area (Å²) in [5, 5.41) is 2.86. The highest BCUT2D eigenvalue weighted by atomic mass is 16.7. The van der Waals surface area contributed by atoms with Crippen LogP contribution in [0.25, 0.3) is 0 Å². The van der Waals surface area contributed by atoms with Gasteiger partial charge in [0.05, 0.1) is 6.04 Å². The van der Waals surface area contributed by atoms with Crippen molar-refractivity contribution in [2.24, 2.45) is 11.1 Å². The van der Waals surface area contributed by atoms with Crippen LogP contribution in [0.15, 0.2) is 42.5 Å². The molecular weight excluding hydrogens is 332 g/mol. The van der Waals surface area contributed by atoms with Crippen LogP contribution in [0.5, 0.6) is 17.2 Å². The minimum atomic E-state index is -0.587. The molecule has 0 unspecified atom stereocenters. The largest absolute Gasteiger partial charge is 0.489 e. The summed E-state index contributed by atoms with van der Waals surface area (Å²) < 4.78 is 16.4. The zero-order chi connectivity index (χ0) is 18.7. The summed E-state index contributed by atoms with van der Waals surface area (Å²) in [6.07, 6.45) is 0. The number of nitrogens with two attached hydrogens (primary N) is 1. The van der Waals surface area contributed by atoms with Crippen molar-refractivity contribution in [2.75, 3.05) is 12.1 Å². The highest BCUT2D eigenvalue weighted by Gasteiger charge is 2.27. The van der Waals surface area contributed by atoms with Crippen LogP contribution in [0, 0.1) is 5.41 Å². The smallest absolute Gasteiger partial charge is 0.241 e. The Morgan fingerprint density at radius 1 is 1.19 bits per heavy atom. The van der Waals surface area contributed by atoms with Gasteiger partial charge in [0.1, 0.15) is 12.4 Å². The van der Waals surface area contributed by atoms with E-state index in [1.807, 2.05) is 57.2 Å². The SMILES string of the molecule is CC(C)(C)[C@H](N)C(=O)Nc1cccc(COc2ccc3c(c2)OCO3)c1. The number of hydrogen-bond donors (Lipinski definition) is 2. The number of hydrogen-bond acceptors (Lipinski definition) is 5. The molecule has 2 aromatic carbocycles. The summed E-state index contributed by atoms with van der Waals surface area (Å²) in [4.78, 5) is 12.3. The van der Waals surface area contributed by atoms with E-state index in [4.69, 9.17) is 19.9 Å². The van der Waals surface area contributed by atoms with Gasteiger partial charge in [-0.25, -0.2) is 0 Å². The Morgan fingerprint density at radius 3 is 2.73 bits per heavy atom. The van der Waals surface area contributed by atoms with Gasteiger partial charge in [0.25, 0.3) is 0 Å². The van der Waals surface area contributed by atoms with Gasteiger partial charge in [-0.3, -0.25) is 4.79 Å². The van der Waals surface area contributed by atoms with Gasteiger partial charge >= 0.3 is 0 Å². The van der Waals surface area contributed by atoms with E-state index in [1.54, 1.807) is 6.07 Å². The van der Waals surface area contributed by atoms with Crippen molar-refractivity contribution in [1.82, 2.24) is 0 Å². The first kappa shape index (κ1) is 18.1. The molecule has 26 heavy (non-hydrogen) atoms. The van der Waals surface area contributed by atoms with Gasteiger partial charge < -0.3 is 25.3 Å². The van der Waals surface area contributed by atoms with Crippen molar-refractivity contribution in [1.29, 1.82) is 0 Å². The highest BCUT2D eigenvalue weighted by molar-refractivity contribution is 5.95. The predicted octanol–water partition coefficient (Wildman–Crippen LogP) is 3.31. The van der Waals surface area contributed by atoms with Crippen LogP contribution in [0.4, 0.5) is 5.69 Å². The minimum absolute atomic E-state index is 0.202. The molecule has 0 saturated carbocycles. The topological polar surface area (TPSA) is 82.8 Å². The van der Waals surface area contributed by atoms with E-state index in [1.165, 1.54) is 0 Å². The third kappa shape index (κ3) is 4.26. The van der Waals surface area contributed by atoms with E-state index >= 15 is 0 Å². The van der Waals surface area contributed by atoms with Crippen molar-refractivity contribution in [3.63, 3.8) is 0 Å². The molecule has 6 heteroatoms. The molecule has 1 aliphatic rings. The summed E-state index contributed by atoms with van der Waals surface area (Å²) in [5.74, 6) is 1.89. The number of anilines is 1. The average molecular weight is 356 g/mol. The summed E-state index contributed by atoms with van der Waals surface area (Å²) >= 11 is 0. The molecule has 3 N–H and O–H groups in total. The van der Waals surface area contributed by atoms with Gasteiger partial charge in [-0.1, -0.05) is 32.9 Å². The van der Waals surface area contributed by atoms with Crippen LogP contribution in [-0.4, -0.2) is 18.7 Å². The van der Waals surface area contributed by atoms with Crippen molar-refractivity contribution in [3.05, 3.63) is 48.0 Å². The van der Waals surface area contributed by atoms with Crippen LogP contribution in [-0.2, 0) is 11.4 Å². The zero-order valence-electron chi connectivity index (χ0n) is 15.2. The van der Waals surface area contributed by atoms with Crippen LogP contribution in [0.1, 0.15) is 26.3 Å². The maximum Gasteiger partial charge on any atom is 0.241 e. The molecule has 0 bridgehead atoms. The Hall–Kier alpha value is -2.73. The quantitative estimate of drug-likeness (QED) is 0.859. The zero-order valence-corrected chi connectivity index (χ0v) is 15.2. The van der Waals surface area contributed by atoms with Crippen molar-refractivity contribution in [2.45, 2.75) is 33.4 Å². The molecule has 0 fully saturated rings. The number of carbonyl (C=O) groups excluding carboxylic acids is 1. The Labute approximate surface area is 153 Å². The Morgan fingerprint density at radius 2 is 1.96 bits per heavy atom. The fourth-order valence-electron chi connectivity index (χ4n) is 2.49. The molecule has 0 spiro atoms. The molecule has 2 aromatic rings. The maximum atomic E-state index is 12.3. The van der Waals surface area contributed by atoms with E-state index in [9.17, 15) is 4.79 Å². The summed E-state index contributed by atoms with van der Waals surface area (Å²) in [6, 6.07) is 12.4. The van der Waals surface area contributed by atoms with E-state index in [-0.39, 0.29) is 18.1 Å². The number of nitrogens with one attached hydrogen (secondary N) is 1.